The number of carbonyl (C=O) groups excluding carboxylic acids is 1. The zero-order chi connectivity index (χ0) is 38.8. The van der Waals surface area contributed by atoms with Gasteiger partial charge in [-0.15, -0.1) is 11.3 Å². The number of aliphatic hydroxyl groups excluding tert-OH is 1. The van der Waals surface area contributed by atoms with Crippen molar-refractivity contribution >= 4 is 43.2 Å². The second-order valence-electron chi connectivity index (χ2n) is 13.8. The summed E-state index contributed by atoms with van der Waals surface area (Å²) in [5.74, 6) is -0.00262. The van der Waals surface area contributed by atoms with E-state index in [1.54, 1.807) is 23.5 Å². The van der Waals surface area contributed by atoms with Crippen LogP contribution in [-0.4, -0.2) is 68.4 Å². The maximum atomic E-state index is 13.9. The fraction of sp³-hybridized carbons (Fsp3) is 0.227. The molecule has 12 heteroatoms. The van der Waals surface area contributed by atoms with Crippen LogP contribution in [0, 0.1) is 6.92 Å². The van der Waals surface area contributed by atoms with Gasteiger partial charge in [0.25, 0.3) is 5.91 Å². The van der Waals surface area contributed by atoms with Crippen molar-refractivity contribution in [3.05, 3.63) is 143 Å². The normalized spacial score (nSPS) is 16.2. The van der Waals surface area contributed by atoms with Gasteiger partial charge in [0, 0.05) is 36.7 Å². The standard InChI is InChI=1S/C44H41N3O7S2/c1-28-10-19-39-41(24-28)55-44(46-39)29-11-13-32(14-12-29)45-43(49)40-26-31(36-8-5-9-37-35-7-4-3-6-30(35)25-38(36)37)27-42(54-40)53-23-21-47(20-22-48)56(50,51)34-17-15-33(52-2)16-18-34/h3-19,24,26,31,42,48H,20-23,25,27H2,1-2H3,(H,45,49)/t31-,42+/m1/s1. The number of anilines is 1. The summed E-state index contributed by atoms with van der Waals surface area (Å²) in [5.41, 5.74) is 9.60. The average molecular weight is 788 g/mol. The van der Waals surface area contributed by atoms with E-state index in [0.717, 1.165) is 32.8 Å². The van der Waals surface area contributed by atoms with Gasteiger partial charge in [0.15, 0.2) is 5.76 Å². The van der Waals surface area contributed by atoms with Crippen LogP contribution in [0.3, 0.4) is 0 Å². The predicted molar refractivity (Wildman–Crippen MR) is 218 cm³/mol. The molecule has 1 aliphatic carbocycles. The Hall–Kier alpha value is -5.37. The monoisotopic (exact) mass is 787 g/mol. The molecule has 5 aromatic carbocycles. The quantitative estimate of drug-likeness (QED) is 0.121. The molecule has 56 heavy (non-hydrogen) atoms. The Morgan fingerprint density at radius 1 is 0.964 bits per heavy atom. The van der Waals surface area contributed by atoms with Gasteiger partial charge in [-0.2, -0.15) is 4.31 Å². The first-order chi connectivity index (χ1) is 27.2. The van der Waals surface area contributed by atoms with Crippen molar-refractivity contribution in [2.45, 2.75) is 36.9 Å². The lowest BCUT2D eigenvalue weighted by Gasteiger charge is -2.31. The SMILES string of the molecule is COc1ccc(S(=O)(=O)N(CCO)CCO[C@@H]2C[C@H](c3cccc4c3Cc3ccccc3-4)C=C(C(=O)Nc3ccc(-c4nc5ccc(C)cc5s4)cc3)O2)cc1. The Kier molecular flexibility index (Phi) is 10.7. The minimum Gasteiger partial charge on any atom is -0.497 e. The maximum absolute atomic E-state index is 13.9. The summed E-state index contributed by atoms with van der Waals surface area (Å²) in [6, 6.07) is 34.5. The number of carbonyl (C=O) groups is 1. The molecule has 0 spiro atoms. The van der Waals surface area contributed by atoms with Crippen LogP contribution in [0.25, 0.3) is 31.9 Å². The second kappa shape index (κ2) is 16.0. The third kappa shape index (κ3) is 7.71. The molecule has 2 atom stereocenters. The minimum absolute atomic E-state index is 0.0349. The summed E-state index contributed by atoms with van der Waals surface area (Å²) in [7, 11) is -2.44. The lowest BCUT2D eigenvalue weighted by molar-refractivity contribution is -0.143. The van der Waals surface area contributed by atoms with E-state index in [-0.39, 0.29) is 42.9 Å². The molecule has 0 saturated heterocycles. The first-order valence-electron chi connectivity index (χ1n) is 18.4. The molecule has 1 amide bonds. The fourth-order valence-corrected chi connectivity index (χ4v) is 9.84. The van der Waals surface area contributed by atoms with Crippen LogP contribution >= 0.6 is 11.3 Å². The van der Waals surface area contributed by atoms with Crippen LogP contribution in [0.1, 0.15) is 34.6 Å². The molecule has 8 rings (SSSR count). The summed E-state index contributed by atoms with van der Waals surface area (Å²) in [6.45, 7) is 1.50. The van der Waals surface area contributed by atoms with Gasteiger partial charge < -0.3 is 24.6 Å². The molecule has 1 aromatic heterocycles. The number of benzene rings is 5. The Morgan fingerprint density at radius 2 is 1.75 bits per heavy atom. The van der Waals surface area contributed by atoms with Gasteiger partial charge in [-0.3, -0.25) is 4.79 Å². The van der Waals surface area contributed by atoms with Crippen molar-refractivity contribution in [2.24, 2.45) is 0 Å². The number of aliphatic hydroxyl groups is 1. The number of fused-ring (bicyclic) bond motifs is 4. The number of nitrogens with zero attached hydrogens (tertiary/aromatic N) is 2. The predicted octanol–water partition coefficient (Wildman–Crippen LogP) is 7.90. The van der Waals surface area contributed by atoms with Gasteiger partial charge in [0.2, 0.25) is 16.3 Å². The van der Waals surface area contributed by atoms with Gasteiger partial charge in [-0.05, 0) is 113 Å². The van der Waals surface area contributed by atoms with Gasteiger partial charge >= 0.3 is 0 Å². The summed E-state index contributed by atoms with van der Waals surface area (Å²) >= 11 is 1.63. The molecule has 0 bridgehead atoms. The van der Waals surface area contributed by atoms with Gasteiger partial charge in [-0.1, -0.05) is 48.5 Å². The topological polar surface area (TPSA) is 127 Å². The van der Waals surface area contributed by atoms with Crippen molar-refractivity contribution in [2.75, 3.05) is 38.7 Å². The Balaban J connectivity index is 1.02. The van der Waals surface area contributed by atoms with Gasteiger partial charge in [0.05, 0.1) is 35.4 Å². The lowest BCUT2D eigenvalue weighted by Crippen LogP contribution is -2.38. The highest BCUT2D eigenvalue weighted by atomic mass is 32.2. The molecule has 2 aliphatic rings. The molecule has 6 aromatic rings. The molecule has 0 fully saturated rings. The highest BCUT2D eigenvalue weighted by Crippen LogP contribution is 2.43. The number of ether oxygens (including phenoxy) is 3. The zero-order valence-electron chi connectivity index (χ0n) is 31.0. The smallest absolute Gasteiger partial charge is 0.290 e. The highest BCUT2D eigenvalue weighted by Gasteiger charge is 2.33. The number of hydrogen-bond acceptors (Lipinski definition) is 9. The molecule has 2 heterocycles. The number of thiazole rings is 1. The van der Waals surface area contributed by atoms with Crippen LogP contribution in [0.2, 0.25) is 0 Å². The number of aromatic nitrogens is 1. The fourth-order valence-electron chi connectivity index (χ4n) is 7.36. The van der Waals surface area contributed by atoms with Crippen LogP contribution in [0.15, 0.2) is 126 Å². The molecule has 0 unspecified atom stereocenters. The van der Waals surface area contributed by atoms with Crippen LogP contribution in [-0.2, 0) is 30.7 Å². The van der Waals surface area contributed by atoms with Crippen molar-refractivity contribution in [3.63, 3.8) is 0 Å². The summed E-state index contributed by atoms with van der Waals surface area (Å²) in [6.07, 6.45) is 2.19. The van der Waals surface area contributed by atoms with Crippen LogP contribution in [0.4, 0.5) is 5.69 Å². The number of nitrogens with one attached hydrogen (secondary N) is 1. The molecule has 2 N–H and O–H groups in total. The summed E-state index contributed by atoms with van der Waals surface area (Å²) in [4.78, 5) is 18.8. The third-order valence-electron chi connectivity index (χ3n) is 10.2. The number of methoxy groups -OCH3 is 1. The minimum atomic E-state index is -3.95. The van der Waals surface area contributed by atoms with Crippen molar-refractivity contribution in [3.8, 4) is 27.4 Å². The first-order valence-corrected chi connectivity index (χ1v) is 20.7. The summed E-state index contributed by atoms with van der Waals surface area (Å²) < 4.78 is 47.0. The number of hydrogen-bond donors (Lipinski definition) is 2. The largest absolute Gasteiger partial charge is 0.497 e. The average Bonchev–Trinajstić information content (AvgIpc) is 3.82. The third-order valence-corrected chi connectivity index (χ3v) is 13.2. The Bertz CT molecular complexity index is 2530. The molecule has 0 radical (unpaired) electrons. The van der Waals surface area contributed by atoms with Crippen molar-refractivity contribution < 1.29 is 32.5 Å². The van der Waals surface area contributed by atoms with E-state index >= 15 is 0 Å². The van der Waals surface area contributed by atoms with E-state index in [2.05, 4.69) is 48.6 Å². The Labute approximate surface area is 330 Å². The van der Waals surface area contributed by atoms with Crippen molar-refractivity contribution in [1.29, 1.82) is 0 Å². The molecule has 10 nitrogen and oxygen atoms in total. The maximum Gasteiger partial charge on any atom is 0.290 e. The Morgan fingerprint density at radius 3 is 2.54 bits per heavy atom. The zero-order valence-corrected chi connectivity index (χ0v) is 32.6. The molecular weight excluding hydrogens is 747 g/mol. The lowest BCUT2D eigenvalue weighted by atomic mass is 9.87. The van der Waals surface area contributed by atoms with Crippen LogP contribution in [0.5, 0.6) is 5.75 Å². The van der Waals surface area contributed by atoms with E-state index in [4.69, 9.17) is 19.2 Å². The van der Waals surface area contributed by atoms with Gasteiger partial charge in [0.1, 0.15) is 10.8 Å². The van der Waals surface area contributed by atoms with Crippen molar-refractivity contribution in [1.82, 2.24) is 9.29 Å². The summed E-state index contributed by atoms with van der Waals surface area (Å²) in [5, 5.41) is 13.7. The molecule has 0 saturated carbocycles. The second-order valence-corrected chi connectivity index (χ2v) is 16.8. The van der Waals surface area contributed by atoms with Gasteiger partial charge in [-0.25, -0.2) is 13.4 Å². The number of aryl methyl sites for hydroxylation is 1. The van der Waals surface area contributed by atoms with E-state index < -0.39 is 22.2 Å². The van der Waals surface area contributed by atoms with E-state index in [1.807, 2.05) is 54.6 Å². The number of rotatable bonds is 13. The number of amides is 1. The van der Waals surface area contributed by atoms with E-state index in [1.165, 1.54) is 51.4 Å². The first kappa shape index (κ1) is 37.5. The number of allylic oxidation sites excluding steroid dienone is 1. The number of sulfonamides is 1. The van der Waals surface area contributed by atoms with E-state index in [0.29, 0.717) is 17.9 Å². The molecular formula is C44H41N3O7S2. The molecule has 1 aliphatic heterocycles. The van der Waals surface area contributed by atoms with Crippen LogP contribution < -0.4 is 10.1 Å². The van der Waals surface area contributed by atoms with E-state index in [9.17, 15) is 18.3 Å². The highest BCUT2D eigenvalue weighted by molar-refractivity contribution is 7.89. The molecule has 286 valence electrons.